The topological polar surface area (TPSA) is 94.6 Å². The van der Waals surface area contributed by atoms with E-state index in [0.29, 0.717) is 36.4 Å². The number of nitrogens with one attached hydrogen (secondary N) is 2. The lowest BCUT2D eigenvalue weighted by Crippen LogP contribution is -2.29. The van der Waals surface area contributed by atoms with Gasteiger partial charge in [0.25, 0.3) is 0 Å². The lowest BCUT2D eigenvalue weighted by atomic mass is 9.88. The van der Waals surface area contributed by atoms with Crippen LogP contribution in [0.2, 0.25) is 0 Å². The summed E-state index contributed by atoms with van der Waals surface area (Å²) in [5.74, 6) is 2.52. The highest BCUT2D eigenvalue weighted by Gasteiger charge is 2.16. The molecule has 6 nitrogen and oxygen atoms in total. The molecule has 6 heteroatoms. The van der Waals surface area contributed by atoms with E-state index in [2.05, 4.69) is 120 Å². The van der Waals surface area contributed by atoms with Crippen LogP contribution in [0, 0.1) is 11.8 Å². The number of ether oxygens (including phenoxy) is 2. The van der Waals surface area contributed by atoms with Gasteiger partial charge >= 0.3 is 0 Å². The second-order valence-corrected chi connectivity index (χ2v) is 14.9. The molecule has 2 atom stereocenters. The van der Waals surface area contributed by atoms with E-state index in [0.717, 1.165) is 87.3 Å². The monoisotopic (exact) mass is 746 g/mol. The van der Waals surface area contributed by atoms with Crippen LogP contribution in [0.4, 0.5) is 11.4 Å². The minimum atomic E-state index is 0.507. The highest BCUT2D eigenvalue weighted by atomic mass is 16.5. The van der Waals surface area contributed by atoms with Crippen molar-refractivity contribution in [3.05, 3.63) is 191 Å². The SMILES string of the molecule is Nc1cc(CCNCC(CCC(CNCCc2ccc(OCc3ccccc3)c(N)c2)Cc2ccccc2)Cc2ccccc2)ccc1OCc1ccccc1. The summed E-state index contributed by atoms with van der Waals surface area (Å²) in [6.45, 7) is 4.76. The zero-order valence-corrected chi connectivity index (χ0v) is 32.6. The summed E-state index contributed by atoms with van der Waals surface area (Å²) in [5, 5.41) is 7.59. The van der Waals surface area contributed by atoms with Crippen LogP contribution in [0.3, 0.4) is 0 Å². The zero-order chi connectivity index (χ0) is 38.6. The van der Waals surface area contributed by atoms with Crippen LogP contribution in [0.5, 0.6) is 11.5 Å². The molecule has 0 radical (unpaired) electrons. The van der Waals surface area contributed by atoms with Crippen molar-refractivity contribution in [2.45, 2.75) is 51.7 Å². The van der Waals surface area contributed by atoms with Crippen LogP contribution >= 0.6 is 0 Å². The quantitative estimate of drug-likeness (QED) is 0.0386. The van der Waals surface area contributed by atoms with Gasteiger partial charge < -0.3 is 31.6 Å². The van der Waals surface area contributed by atoms with Crippen LogP contribution in [0.15, 0.2) is 158 Å². The van der Waals surface area contributed by atoms with Gasteiger partial charge in [-0.3, -0.25) is 0 Å². The van der Waals surface area contributed by atoms with Gasteiger partial charge in [-0.15, -0.1) is 0 Å². The lowest BCUT2D eigenvalue weighted by molar-refractivity contribution is 0.308. The van der Waals surface area contributed by atoms with Gasteiger partial charge in [-0.25, -0.2) is 0 Å². The average molecular weight is 747 g/mol. The Bertz CT molecular complexity index is 1840. The summed E-state index contributed by atoms with van der Waals surface area (Å²) in [7, 11) is 0. The highest BCUT2D eigenvalue weighted by molar-refractivity contribution is 5.55. The maximum absolute atomic E-state index is 6.40. The van der Waals surface area contributed by atoms with Gasteiger partial charge in [-0.1, -0.05) is 133 Å². The molecule has 0 aliphatic heterocycles. The van der Waals surface area contributed by atoms with E-state index in [9.17, 15) is 0 Å². The zero-order valence-electron chi connectivity index (χ0n) is 32.6. The summed E-state index contributed by atoms with van der Waals surface area (Å²) in [5.41, 5.74) is 21.6. The van der Waals surface area contributed by atoms with Crippen LogP contribution < -0.4 is 31.6 Å². The van der Waals surface area contributed by atoms with Crippen molar-refractivity contribution in [1.29, 1.82) is 0 Å². The molecule has 56 heavy (non-hydrogen) atoms. The van der Waals surface area contributed by atoms with Gasteiger partial charge in [0.2, 0.25) is 0 Å². The molecule has 6 N–H and O–H groups in total. The number of nitrogens with two attached hydrogens (primary N) is 2. The maximum Gasteiger partial charge on any atom is 0.142 e. The normalized spacial score (nSPS) is 12.2. The minimum Gasteiger partial charge on any atom is -0.487 e. The molecule has 0 aliphatic carbocycles. The molecule has 0 aliphatic rings. The van der Waals surface area contributed by atoms with Crippen LogP contribution in [0.1, 0.15) is 46.2 Å². The molecule has 0 spiro atoms. The van der Waals surface area contributed by atoms with Gasteiger partial charge in [-0.05, 0) is 134 Å². The second-order valence-electron chi connectivity index (χ2n) is 14.9. The summed E-state index contributed by atoms with van der Waals surface area (Å²) in [6.07, 6.45) is 6.26. The summed E-state index contributed by atoms with van der Waals surface area (Å²) >= 11 is 0. The minimum absolute atomic E-state index is 0.507. The van der Waals surface area contributed by atoms with Gasteiger partial charge in [0.1, 0.15) is 24.7 Å². The molecule has 0 heterocycles. The molecule has 0 bridgehead atoms. The Morgan fingerprint density at radius 3 is 1.12 bits per heavy atom. The number of hydrogen-bond donors (Lipinski definition) is 4. The number of anilines is 2. The van der Waals surface area contributed by atoms with Gasteiger partial charge in [0, 0.05) is 0 Å². The Labute approximate surface area is 334 Å². The molecule has 6 aromatic carbocycles. The second kappa shape index (κ2) is 22.1. The molecule has 6 aromatic rings. The van der Waals surface area contributed by atoms with Crippen molar-refractivity contribution in [1.82, 2.24) is 10.6 Å². The molecule has 2 unspecified atom stereocenters. The van der Waals surface area contributed by atoms with E-state index < -0.39 is 0 Å². The van der Waals surface area contributed by atoms with Crippen molar-refractivity contribution in [2.24, 2.45) is 11.8 Å². The summed E-state index contributed by atoms with van der Waals surface area (Å²) < 4.78 is 12.0. The Kier molecular flexibility index (Phi) is 15.8. The maximum atomic E-state index is 6.40. The Morgan fingerprint density at radius 2 is 0.768 bits per heavy atom. The smallest absolute Gasteiger partial charge is 0.142 e. The molecule has 0 aromatic heterocycles. The van der Waals surface area contributed by atoms with E-state index in [4.69, 9.17) is 20.9 Å². The van der Waals surface area contributed by atoms with Gasteiger partial charge in [0.15, 0.2) is 0 Å². The molecule has 0 amide bonds. The first-order valence-corrected chi connectivity index (χ1v) is 20.2. The van der Waals surface area contributed by atoms with Gasteiger partial charge in [-0.2, -0.15) is 0 Å². The van der Waals surface area contributed by atoms with Crippen LogP contribution in [-0.4, -0.2) is 26.2 Å². The molecule has 290 valence electrons. The first-order valence-electron chi connectivity index (χ1n) is 20.2. The van der Waals surface area contributed by atoms with Crippen LogP contribution in [0.25, 0.3) is 0 Å². The lowest BCUT2D eigenvalue weighted by Gasteiger charge is -2.23. The highest BCUT2D eigenvalue weighted by Crippen LogP contribution is 2.26. The fraction of sp³-hybridized carbons (Fsp3) is 0.280. The van der Waals surface area contributed by atoms with E-state index in [1.807, 2.05) is 48.5 Å². The largest absolute Gasteiger partial charge is 0.487 e. The first kappa shape index (κ1) is 40.1. The van der Waals surface area contributed by atoms with E-state index in [-0.39, 0.29) is 0 Å². The molecular weight excluding hydrogens is 689 g/mol. The van der Waals surface area contributed by atoms with E-state index >= 15 is 0 Å². The third-order valence-electron chi connectivity index (χ3n) is 10.4. The summed E-state index contributed by atoms with van der Waals surface area (Å²) in [4.78, 5) is 0. The van der Waals surface area contributed by atoms with E-state index in [1.165, 1.54) is 22.3 Å². The van der Waals surface area contributed by atoms with Crippen molar-refractivity contribution in [2.75, 3.05) is 37.6 Å². The van der Waals surface area contributed by atoms with Crippen molar-refractivity contribution < 1.29 is 9.47 Å². The number of nitrogen functional groups attached to an aromatic ring is 2. The van der Waals surface area contributed by atoms with Crippen molar-refractivity contribution >= 4 is 11.4 Å². The Morgan fingerprint density at radius 1 is 0.411 bits per heavy atom. The predicted octanol–water partition coefficient (Wildman–Crippen LogP) is 9.47. The fourth-order valence-corrected chi connectivity index (χ4v) is 7.24. The number of hydrogen-bond acceptors (Lipinski definition) is 6. The third kappa shape index (κ3) is 13.6. The van der Waals surface area contributed by atoms with E-state index in [1.54, 1.807) is 0 Å². The first-order chi connectivity index (χ1) is 27.6. The number of benzene rings is 6. The number of rotatable bonds is 23. The van der Waals surface area contributed by atoms with Crippen LogP contribution in [-0.2, 0) is 38.9 Å². The molecule has 0 fully saturated rings. The molecular formula is C50H58N4O2. The molecule has 0 saturated heterocycles. The molecule has 6 rings (SSSR count). The van der Waals surface area contributed by atoms with Gasteiger partial charge in [0.05, 0.1) is 11.4 Å². The Balaban J connectivity index is 0.989. The average Bonchev–Trinajstić information content (AvgIpc) is 3.23. The van der Waals surface area contributed by atoms with Crippen molar-refractivity contribution in [3.8, 4) is 11.5 Å². The Hall–Kier alpha value is -5.56. The van der Waals surface area contributed by atoms with Crippen molar-refractivity contribution in [3.63, 3.8) is 0 Å². The standard InChI is InChI=1S/C50H58N4O2/c51-47-33-41(23-25-49(47)55-37-43-17-9-3-10-18-43)27-29-53-35-45(31-39-13-5-1-6-14-39)21-22-46(32-40-15-7-2-8-16-40)36-54-30-28-42-24-26-50(48(52)34-42)56-38-44-19-11-4-12-20-44/h1-20,23-26,33-34,45-46,53-54H,21-22,27-32,35-38,51-52H2. The third-order valence-corrected chi connectivity index (χ3v) is 10.4. The predicted molar refractivity (Wildman–Crippen MR) is 233 cm³/mol. The fourth-order valence-electron chi connectivity index (χ4n) is 7.24. The molecule has 0 saturated carbocycles. The summed E-state index contributed by atoms with van der Waals surface area (Å²) in [6, 6.07) is 54.6.